The van der Waals surface area contributed by atoms with Crippen molar-refractivity contribution < 1.29 is 0 Å². The number of aromatic nitrogens is 3. The number of nitrogens with zero attached hydrogens (tertiary/aromatic N) is 3. The monoisotopic (exact) mass is 180 g/mol. The van der Waals surface area contributed by atoms with Gasteiger partial charge in [0.1, 0.15) is 12.2 Å². The van der Waals surface area contributed by atoms with Crippen molar-refractivity contribution in [3.63, 3.8) is 0 Å². The molecule has 2 unspecified atom stereocenters. The van der Waals surface area contributed by atoms with E-state index in [1.165, 1.54) is 12.8 Å². The molecular weight excluding hydrogens is 164 g/mol. The Balaban J connectivity index is 1.95. The predicted octanol–water partition coefficient (Wildman–Crippen LogP) is 0.343. The topological polar surface area (TPSA) is 56.7 Å². The zero-order valence-electron chi connectivity index (χ0n) is 7.98. The Labute approximate surface area is 78.1 Å². The van der Waals surface area contributed by atoms with Crippen molar-refractivity contribution in [2.24, 2.45) is 24.6 Å². The maximum atomic E-state index is 5.65. The highest BCUT2D eigenvalue weighted by molar-refractivity contribution is 4.92. The Hall–Kier alpha value is -0.900. The molecule has 0 radical (unpaired) electrons. The minimum absolute atomic E-state index is 0.719. The summed E-state index contributed by atoms with van der Waals surface area (Å²) in [5.41, 5.74) is 5.65. The van der Waals surface area contributed by atoms with Gasteiger partial charge in [0.15, 0.2) is 0 Å². The molecule has 0 saturated heterocycles. The molecule has 0 aromatic carbocycles. The van der Waals surface area contributed by atoms with Gasteiger partial charge in [-0.15, -0.1) is 0 Å². The number of hydrogen-bond donors (Lipinski definition) is 1. The second-order valence-corrected chi connectivity index (χ2v) is 3.84. The summed E-state index contributed by atoms with van der Waals surface area (Å²) < 4.78 is 1.85. The van der Waals surface area contributed by atoms with E-state index in [9.17, 15) is 0 Å². The molecule has 0 amide bonds. The van der Waals surface area contributed by atoms with Crippen LogP contribution in [0.3, 0.4) is 0 Å². The Morgan fingerprint density at radius 1 is 1.54 bits per heavy atom. The van der Waals surface area contributed by atoms with Crippen molar-refractivity contribution in [1.82, 2.24) is 14.8 Å². The van der Waals surface area contributed by atoms with E-state index < -0.39 is 0 Å². The van der Waals surface area contributed by atoms with E-state index in [0.717, 1.165) is 30.6 Å². The summed E-state index contributed by atoms with van der Waals surface area (Å²) in [6, 6.07) is 0. The minimum atomic E-state index is 0.719. The van der Waals surface area contributed by atoms with Crippen molar-refractivity contribution >= 4 is 0 Å². The van der Waals surface area contributed by atoms with Gasteiger partial charge in [-0.25, -0.2) is 4.98 Å². The maximum absolute atomic E-state index is 5.65. The molecule has 1 aromatic rings. The van der Waals surface area contributed by atoms with Crippen molar-refractivity contribution in [3.05, 3.63) is 12.2 Å². The van der Waals surface area contributed by atoms with E-state index in [0.29, 0.717) is 0 Å². The van der Waals surface area contributed by atoms with Crippen LogP contribution in [0, 0.1) is 11.8 Å². The first-order valence-corrected chi connectivity index (χ1v) is 4.84. The van der Waals surface area contributed by atoms with Crippen LogP contribution < -0.4 is 5.73 Å². The van der Waals surface area contributed by atoms with Crippen LogP contribution in [0.2, 0.25) is 0 Å². The highest BCUT2D eigenvalue weighted by Crippen LogP contribution is 2.35. The van der Waals surface area contributed by atoms with Crippen LogP contribution in [0.25, 0.3) is 0 Å². The summed E-state index contributed by atoms with van der Waals surface area (Å²) in [5.74, 6) is 2.55. The van der Waals surface area contributed by atoms with E-state index in [4.69, 9.17) is 5.73 Å². The summed E-state index contributed by atoms with van der Waals surface area (Å²) in [5, 5.41) is 4.05. The molecule has 2 atom stereocenters. The van der Waals surface area contributed by atoms with Crippen molar-refractivity contribution in [3.8, 4) is 0 Å². The normalized spacial score (nSPS) is 27.2. The second kappa shape index (κ2) is 3.46. The smallest absolute Gasteiger partial charge is 0.138 e. The molecule has 2 N–H and O–H groups in total. The second-order valence-electron chi connectivity index (χ2n) is 3.84. The SMILES string of the molecule is Cn1ncnc1CC1CCC1CN. The van der Waals surface area contributed by atoms with E-state index in [-0.39, 0.29) is 0 Å². The van der Waals surface area contributed by atoms with Gasteiger partial charge >= 0.3 is 0 Å². The molecule has 1 aliphatic carbocycles. The van der Waals surface area contributed by atoms with Gasteiger partial charge in [-0.1, -0.05) is 0 Å². The fourth-order valence-electron chi connectivity index (χ4n) is 1.96. The van der Waals surface area contributed by atoms with Crippen LogP contribution >= 0.6 is 0 Å². The molecule has 13 heavy (non-hydrogen) atoms. The fraction of sp³-hybridized carbons (Fsp3) is 0.778. The van der Waals surface area contributed by atoms with Crippen LogP contribution in [0.4, 0.5) is 0 Å². The van der Waals surface area contributed by atoms with Crippen molar-refractivity contribution in [2.75, 3.05) is 6.54 Å². The predicted molar refractivity (Wildman–Crippen MR) is 50.0 cm³/mol. The van der Waals surface area contributed by atoms with Crippen LogP contribution in [-0.2, 0) is 13.5 Å². The molecule has 4 nitrogen and oxygen atoms in total. The lowest BCUT2D eigenvalue weighted by atomic mass is 9.72. The van der Waals surface area contributed by atoms with Gasteiger partial charge in [0.25, 0.3) is 0 Å². The molecule has 1 saturated carbocycles. The molecule has 1 heterocycles. The molecule has 0 spiro atoms. The maximum Gasteiger partial charge on any atom is 0.138 e. The molecule has 0 aliphatic heterocycles. The van der Waals surface area contributed by atoms with Crippen LogP contribution in [0.1, 0.15) is 18.7 Å². The third-order valence-corrected chi connectivity index (χ3v) is 3.13. The summed E-state index contributed by atoms with van der Waals surface area (Å²) >= 11 is 0. The van der Waals surface area contributed by atoms with Crippen molar-refractivity contribution in [2.45, 2.75) is 19.3 Å². The zero-order chi connectivity index (χ0) is 9.26. The minimum Gasteiger partial charge on any atom is -0.330 e. The van der Waals surface area contributed by atoms with Gasteiger partial charge < -0.3 is 5.73 Å². The van der Waals surface area contributed by atoms with E-state index in [2.05, 4.69) is 10.1 Å². The largest absolute Gasteiger partial charge is 0.330 e. The lowest BCUT2D eigenvalue weighted by Crippen LogP contribution is -2.34. The lowest BCUT2D eigenvalue weighted by Gasteiger charge is -2.35. The van der Waals surface area contributed by atoms with Gasteiger partial charge in [-0.05, 0) is 31.2 Å². The van der Waals surface area contributed by atoms with Gasteiger partial charge in [0.2, 0.25) is 0 Å². The highest BCUT2D eigenvalue weighted by atomic mass is 15.3. The van der Waals surface area contributed by atoms with Gasteiger partial charge in [0, 0.05) is 13.5 Å². The summed E-state index contributed by atoms with van der Waals surface area (Å²) in [6.07, 6.45) is 5.25. The third-order valence-electron chi connectivity index (χ3n) is 3.13. The van der Waals surface area contributed by atoms with Crippen molar-refractivity contribution in [1.29, 1.82) is 0 Å². The molecule has 1 aliphatic rings. The Kier molecular flexibility index (Phi) is 2.31. The van der Waals surface area contributed by atoms with E-state index >= 15 is 0 Å². The molecule has 1 aromatic heterocycles. The molecule has 1 fully saturated rings. The molecule has 72 valence electrons. The van der Waals surface area contributed by atoms with Gasteiger partial charge in [-0.3, -0.25) is 4.68 Å². The van der Waals surface area contributed by atoms with E-state index in [1.807, 2.05) is 11.7 Å². The van der Waals surface area contributed by atoms with E-state index in [1.54, 1.807) is 6.33 Å². The van der Waals surface area contributed by atoms with Gasteiger partial charge in [0.05, 0.1) is 0 Å². The number of aryl methyl sites for hydroxylation is 1. The quantitative estimate of drug-likeness (QED) is 0.730. The van der Waals surface area contributed by atoms with Crippen LogP contribution in [-0.4, -0.2) is 21.3 Å². The third kappa shape index (κ3) is 1.58. The molecule has 4 heteroatoms. The molecular formula is C9H16N4. The Bertz CT molecular complexity index is 279. The summed E-state index contributed by atoms with van der Waals surface area (Å²) in [6.45, 7) is 0.822. The first-order chi connectivity index (χ1) is 6.31. The standard InChI is InChI=1S/C9H16N4/c1-13-9(11-6-12-13)4-7-2-3-8(7)5-10/h6-8H,2-5,10H2,1H3. The number of nitrogens with two attached hydrogens (primary N) is 1. The fourth-order valence-corrected chi connectivity index (χ4v) is 1.96. The average molecular weight is 180 g/mol. The van der Waals surface area contributed by atoms with Crippen LogP contribution in [0.15, 0.2) is 6.33 Å². The van der Waals surface area contributed by atoms with Crippen LogP contribution in [0.5, 0.6) is 0 Å². The molecule has 2 rings (SSSR count). The number of rotatable bonds is 3. The molecule has 0 bridgehead atoms. The Morgan fingerprint density at radius 2 is 2.31 bits per heavy atom. The first kappa shape index (κ1) is 8.69. The van der Waals surface area contributed by atoms with Gasteiger partial charge in [-0.2, -0.15) is 5.10 Å². The zero-order valence-corrected chi connectivity index (χ0v) is 7.98. The summed E-state index contributed by atoms with van der Waals surface area (Å²) in [4.78, 5) is 4.22. The summed E-state index contributed by atoms with van der Waals surface area (Å²) in [7, 11) is 1.94. The first-order valence-electron chi connectivity index (χ1n) is 4.84. The average Bonchev–Trinajstić information content (AvgIpc) is 2.46. The number of hydrogen-bond acceptors (Lipinski definition) is 3. The highest BCUT2D eigenvalue weighted by Gasteiger charge is 2.30. The Morgan fingerprint density at radius 3 is 2.77 bits per heavy atom. The lowest BCUT2D eigenvalue weighted by molar-refractivity contribution is 0.179.